The largest absolute Gasteiger partial charge is 0.490 e. The number of ether oxygens (including phenoxy) is 3. The fraction of sp³-hybridized carbons (Fsp3) is 0.375. The first kappa shape index (κ1) is 26.9. The van der Waals surface area contributed by atoms with E-state index < -0.39 is 12.1 Å². The summed E-state index contributed by atoms with van der Waals surface area (Å²) < 4.78 is 48.9. The molecule has 0 atom stereocenters. The first-order chi connectivity index (χ1) is 18.2. The molecule has 5 rings (SSSR count). The second-order valence-electron chi connectivity index (χ2n) is 8.17. The van der Waals surface area contributed by atoms with E-state index in [1.165, 1.54) is 0 Å². The topological polar surface area (TPSA) is 138 Å². The van der Waals surface area contributed by atoms with Crippen LogP contribution in [0.3, 0.4) is 0 Å². The molecule has 38 heavy (non-hydrogen) atoms. The van der Waals surface area contributed by atoms with Crippen LogP contribution in [-0.4, -0.2) is 84.1 Å². The maximum atomic E-state index is 13.1. The number of H-pyrrole nitrogens is 1. The van der Waals surface area contributed by atoms with Gasteiger partial charge in [0.25, 0.3) is 5.91 Å². The van der Waals surface area contributed by atoms with Crippen LogP contribution in [0.25, 0.3) is 11.0 Å². The average Bonchev–Trinajstić information content (AvgIpc) is 3.38. The zero-order valence-corrected chi connectivity index (χ0v) is 20.4. The molecule has 1 amide bonds. The lowest BCUT2D eigenvalue weighted by atomic mass is 10.1. The number of nitrogens with one attached hydrogen (secondary N) is 3. The summed E-state index contributed by atoms with van der Waals surface area (Å²) in [5.74, 6) is -1.16. The Bertz CT molecular complexity index is 1310. The number of carboxylic acids is 1. The number of pyridine rings is 1. The summed E-state index contributed by atoms with van der Waals surface area (Å²) in [6.45, 7) is 5.91. The fourth-order valence-corrected chi connectivity index (χ4v) is 3.92. The second kappa shape index (κ2) is 11.5. The van der Waals surface area contributed by atoms with Gasteiger partial charge < -0.3 is 39.8 Å². The molecule has 14 heteroatoms. The first-order valence-electron chi connectivity index (χ1n) is 11.8. The van der Waals surface area contributed by atoms with Gasteiger partial charge in [-0.3, -0.25) is 4.79 Å². The highest BCUT2D eigenvalue weighted by atomic mass is 19.4. The number of aromatic nitrogens is 2. The lowest BCUT2D eigenvalue weighted by Crippen LogP contribution is -2.41. The fourth-order valence-electron chi connectivity index (χ4n) is 3.92. The van der Waals surface area contributed by atoms with E-state index >= 15 is 0 Å². The van der Waals surface area contributed by atoms with E-state index in [4.69, 9.17) is 24.1 Å². The number of aliphatic carboxylic acids is 1. The molecule has 1 fully saturated rings. The van der Waals surface area contributed by atoms with Gasteiger partial charge in [0.15, 0.2) is 11.5 Å². The third kappa shape index (κ3) is 6.02. The van der Waals surface area contributed by atoms with Gasteiger partial charge in [-0.1, -0.05) is 0 Å². The van der Waals surface area contributed by atoms with Crippen LogP contribution in [0.1, 0.15) is 17.3 Å². The lowest BCUT2D eigenvalue weighted by Gasteiger charge is -2.29. The van der Waals surface area contributed by atoms with Crippen LogP contribution in [0.4, 0.5) is 30.4 Å². The van der Waals surface area contributed by atoms with E-state index in [1.807, 2.05) is 24.4 Å². The Kier molecular flexibility index (Phi) is 8.10. The molecule has 2 aliphatic heterocycles. The molecule has 1 saturated heterocycles. The zero-order valence-electron chi connectivity index (χ0n) is 20.4. The summed E-state index contributed by atoms with van der Waals surface area (Å²) in [6.07, 6.45) is -3.22. The third-order valence-corrected chi connectivity index (χ3v) is 5.62. The van der Waals surface area contributed by atoms with Crippen molar-refractivity contribution in [2.24, 2.45) is 0 Å². The molecule has 11 nitrogen and oxygen atoms in total. The van der Waals surface area contributed by atoms with Crippen LogP contribution in [-0.2, 0) is 9.53 Å². The van der Waals surface area contributed by atoms with Gasteiger partial charge in [0.2, 0.25) is 0 Å². The van der Waals surface area contributed by atoms with Crippen LogP contribution in [0, 0.1) is 0 Å². The quantitative estimate of drug-likeness (QED) is 0.385. The van der Waals surface area contributed by atoms with E-state index in [0.29, 0.717) is 68.1 Å². The molecule has 4 N–H and O–H groups in total. The SMILES string of the molecule is CCNc1cc(Nc2ccc(C(=O)N3CCOCC3)c3c2OCCO3)nc2[nH]ccc12.O=C(O)C(F)(F)F. The van der Waals surface area contributed by atoms with E-state index in [0.717, 1.165) is 23.3 Å². The molecule has 1 aromatic carbocycles. The molecule has 0 unspecified atom stereocenters. The highest BCUT2D eigenvalue weighted by molar-refractivity contribution is 5.99. The summed E-state index contributed by atoms with van der Waals surface area (Å²) >= 11 is 0. The van der Waals surface area contributed by atoms with Crippen molar-refractivity contribution < 1.29 is 42.1 Å². The van der Waals surface area contributed by atoms with Crippen molar-refractivity contribution >= 4 is 40.1 Å². The molecule has 0 radical (unpaired) electrons. The number of morpholine rings is 1. The molecular weight excluding hydrogens is 511 g/mol. The lowest BCUT2D eigenvalue weighted by molar-refractivity contribution is -0.192. The van der Waals surface area contributed by atoms with E-state index in [-0.39, 0.29) is 5.91 Å². The van der Waals surface area contributed by atoms with Gasteiger partial charge in [-0.15, -0.1) is 0 Å². The minimum absolute atomic E-state index is 0.0723. The van der Waals surface area contributed by atoms with Crippen molar-refractivity contribution in [1.29, 1.82) is 0 Å². The molecule has 204 valence electrons. The van der Waals surface area contributed by atoms with Crippen molar-refractivity contribution in [3.05, 3.63) is 36.0 Å². The molecule has 0 aliphatic carbocycles. The van der Waals surface area contributed by atoms with Crippen molar-refractivity contribution in [1.82, 2.24) is 14.9 Å². The van der Waals surface area contributed by atoms with Gasteiger partial charge >= 0.3 is 12.1 Å². The summed E-state index contributed by atoms with van der Waals surface area (Å²) in [5, 5.41) is 14.9. The van der Waals surface area contributed by atoms with E-state index in [9.17, 15) is 18.0 Å². The monoisotopic (exact) mass is 537 g/mol. The number of alkyl halides is 3. The van der Waals surface area contributed by atoms with Crippen molar-refractivity contribution in [3.63, 3.8) is 0 Å². The van der Waals surface area contributed by atoms with Crippen LogP contribution < -0.4 is 20.1 Å². The molecule has 3 aromatic rings. The number of halogens is 3. The highest BCUT2D eigenvalue weighted by Crippen LogP contribution is 2.42. The number of hydrogen-bond acceptors (Lipinski definition) is 8. The maximum Gasteiger partial charge on any atom is 0.490 e. The number of nitrogens with zero attached hydrogens (tertiary/aromatic N) is 2. The van der Waals surface area contributed by atoms with Crippen molar-refractivity contribution in [2.45, 2.75) is 13.1 Å². The van der Waals surface area contributed by atoms with E-state index in [2.05, 4.69) is 27.5 Å². The molecular formula is C24H26F3N5O6. The summed E-state index contributed by atoms with van der Waals surface area (Å²) in [4.78, 5) is 31.6. The Morgan fingerprint density at radius 1 is 1.08 bits per heavy atom. The maximum absolute atomic E-state index is 13.1. The zero-order chi connectivity index (χ0) is 27.3. The molecule has 0 bridgehead atoms. The van der Waals surface area contributed by atoms with Gasteiger partial charge in [-0.2, -0.15) is 13.2 Å². The molecule has 0 saturated carbocycles. The molecule has 2 aliphatic rings. The Balaban J connectivity index is 0.000000426. The smallest absolute Gasteiger partial charge is 0.485 e. The van der Waals surface area contributed by atoms with Crippen molar-refractivity contribution in [3.8, 4) is 11.5 Å². The van der Waals surface area contributed by atoms with Crippen LogP contribution in [0.15, 0.2) is 30.5 Å². The number of carbonyl (C=O) groups is 2. The van der Waals surface area contributed by atoms with E-state index in [1.54, 1.807) is 11.0 Å². The number of amides is 1. The van der Waals surface area contributed by atoms with Crippen LogP contribution in [0.5, 0.6) is 11.5 Å². The van der Waals surface area contributed by atoms with Gasteiger partial charge in [0, 0.05) is 43.0 Å². The minimum atomic E-state index is -5.08. The van der Waals surface area contributed by atoms with Gasteiger partial charge in [-0.05, 0) is 25.1 Å². The number of benzene rings is 1. The standard InChI is InChI=1S/C22H25N5O4.C2HF3O2/c1-2-23-17-13-18(26-21-14(17)5-6-24-21)25-16-4-3-15(19-20(16)31-12-11-30-19)22(28)27-7-9-29-10-8-27;3-2(4,5)1(6)7/h3-6,13H,2,7-12H2,1H3,(H3,23,24,25,26);(H,6,7). The molecule has 0 spiro atoms. The number of aromatic amines is 1. The molecule has 2 aromatic heterocycles. The second-order valence-corrected chi connectivity index (χ2v) is 8.17. The summed E-state index contributed by atoms with van der Waals surface area (Å²) in [5.41, 5.74) is 2.98. The van der Waals surface area contributed by atoms with Gasteiger partial charge in [-0.25, -0.2) is 9.78 Å². The number of rotatable bonds is 5. The summed E-state index contributed by atoms with van der Waals surface area (Å²) in [7, 11) is 0. The number of carboxylic acid groups (broad SMARTS) is 1. The highest BCUT2D eigenvalue weighted by Gasteiger charge is 2.38. The Labute approximate surface area is 214 Å². The Morgan fingerprint density at radius 3 is 2.42 bits per heavy atom. The van der Waals surface area contributed by atoms with Crippen LogP contribution in [0.2, 0.25) is 0 Å². The van der Waals surface area contributed by atoms with Crippen molar-refractivity contribution in [2.75, 3.05) is 56.7 Å². The summed E-state index contributed by atoms with van der Waals surface area (Å²) in [6, 6.07) is 7.58. The van der Waals surface area contributed by atoms with Gasteiger partial charge in [0.05, 0.1) is 24.5 Å². The number of fused-ring (bicyclic) bond motifs is 2. The first-order valence-corrected chi connectivity index (χ1v) is 11.8. The normalized spacial score (nSPS) is 14.9. The Hall–Kier alpha value is -4.20. The Morgan fingerprint density at radius 2 is 1.76 bits per heavy atom. The third-order valence-electron chi connectivity index (χ3n) is 5.62. The van der Waals surface area contributed by atoms with Crippen LogP contribution >= 0.6 is 0 Å². The minimum Gasteiger partial charge on any atom is -0.485 e. The predicted octanol–water partition coefficient (Wildman–Crippen LogP) is 3.62. The van der Waals surface area contributed by atoms with Gasteiger partial charge in [0.1, 0.15) is 24.7 Å². The number of hydrogen-bond donors (Lipinski definition) is 4. The number of carbonyl (C=O) groups excluding carboxylic acids is 1. The predicted molar refractivity (Wildman–Crippen MR) is 131 cm³/mol. The number of anilines is 3. The average molecular weight is 537 g/mol. The molecule has 4 heterocycles.